The van der Waals surface area contributed by atoms with Gasteiger partial charge in [-0.1, -0.05) is 6.07 Å². The number of alkyl halides is 3. The predicted molar refractivity (Wildman–Crippen MR) is 146 cm³/mol. The van der Waals surface area contributed by atoms with Crippen LogP contribution in [0.2, 0.25) is 0 Å². The van der Waals surface area contributed by atoms with Crippen LogP contribution < -0.4 is 20.7 Å². The van der Waals surface area contributed by atoms with E-state index in [1.165, 1.54) is 12.4 Å². The molecule has 1 atom stereocenters. The van der Waals surface area contributed by atoms with Crippen LogP contribution in [0.4, 0.5) is 30.4 Å². The number of pyridine rings is 1. The summed E-state index contributed by atoms with van der Waals surface area (Å²) in [5.41, 5.74) is 2.19. The number of carbonyl (C=O) groups excluding carboxylic acids is 1. The lowest BCUT2D eigenvalue weighted by atomic mass is 10.1. The van der Waals surface area contributed by atoms with E-state index in [1.54, 1.807) is 42.7 Å². The molecule has 1 aliphatic heterocycles. The average molecular weight is 549 g/mol. The second kappa shape index (κ2) is 11.7. The molecule has 1 fully saturated rings. The molecule has 2 aromatic carbocycles. The van der Waals surface area contributed by atoms with Crippen LogP contribution in [0.3, 0.4) is 0 Å². The molecule has 11 heteroatoms. The summed E-state index contributed by atoms with van der Waals surface area (Å²) in [5.74, 6) is -0.00130. The zero-order valence-corrected chi connectivity index (χ0v) is 21.6. The summed E-state index contributed by atoms with van der Waals surface area (Å²) in [5, 5.41) is 9.09. The lowest BCUT2D eigenvalue weighted by molar-refractivity contribution is -0.137. The molecule has 8 nitrogen and oxygen atoms in total. The van der Waals surface area contributed by atoms with Crippen molar-refractivity contribution in [2.24, 2.45) is 0 Å². The Labute approximate surface area is 229 Å². The van der Waals surface area contributed by atoms with Gasteiger partial charge in [-0.2, -0.15) is 13.2 Å². The van der Waals surface area contributed by atoms with Crippen molar-refractivity contribution in [3.63, 3.8) is 0 Å². The van der Waals surface area contributed by atoms with Crippen molar-refractivity contribution in [1.29, 1.82) is 0 Å². The molecule has 40 heavy (non-hydrogen) atoms. The fourth-order valence-electron chi connectivity index (χ4n) is 4.40. The van der Waals surface area contributed by atoms with E-state index in [0.717, 1.165) is 42.6 Å². The number of benzene rings is 2. The Morgan fingerprint density at radius 2 is 1.98 bits per heavy atom. The molecule has 1 unspecified atom stereocenters. The second-order valence-corrected chi connectivity index (χ2v) is 9.45. The van der Waals surface area contributed by atoms with Crippen LogP contribution in [0.15, 0.2) is 73.3 Å². The molecule has 3 heterocycles. The van der Waals surface area contributed by atoms with Crippen LogP contribution >= 0.6 is 0 Å². The number of nitrogens with zero attached hydrogens (tertiary/aromatic N) is 3. The summed E-state index contributed by atoms with van der Waals surface area (Å²) in [4.78, 5) is 25.8. The van der Waals surface area contributed by atoms with E-state index in [0.29, 0.717) is 17.2 Å². The highest BCUT2D eigenvalue weighted by molar-refractivity contribution is 6.05. The highest BCUT2D eigenvalue weighted by Crippen LogP contribution is 2.35. The summed E-state index contributed by atoms with van der Waals surface area (Å²) >= 11 is 0. The molecule has 0 radical (unpaired) electrons. The van der Waals surface area contributed by atoms with Crippen molar-refractivity contribution in [1.82, 2.24) is 20.3 Å². The Kier molecular flexibility index (Phi) is 7.92. The Hall–Kier alpha value is -4.51. The molecule has 1 aliphatic rings. The molecular formula is C29H27F3N6O2. The first-order valence-corrected chi connectivity index (χ1v) is 12.8. The van der Waals surface area contributed by atoms with E-state index in [-0.39, 0.29) is 29.6 Å². The maximum Gasteiger partial charge on any atom is 0.416 e. The topological polar surface area (TPSA) is 101 Å². The lowest BCUT2D eigenvalue weighted by Gasteiger charge is -2.16. The molecule has 0 aliphatic carbocycles. The Balaban J connectivity index is 1.37. The zero-order chi connectivity index (χ0) is 28.1. The van der Waals surface area contributed by atoms with Gasteiger partial charge in [0.2, 0.25) is 0 Å². The third kappa shape index (κ3) is 6.55. The van der Waals surface area contributed by atoms with E-state index in [9.17, 15) is 18.0 Å². The van der Waals surface area contributed by atoms with E-state index in [4.69, 9.17) is 4.74 Å². The van der Waals surface area contributed by atoms with Gasteiger partial charge in [-0.3, -0.25) is 4.79 Å². The van der Waals surface area contributed by atoms with E-state index >= 15 is 0 Å². The minimum Gasteiger partial charge on any atom is -0.492 e. The molecule has 4 aromatic rings. The maximum atomic E-state index is 13.6. The van der Waals surface area contributed by atoms with E-state index in [1.807, 2.05) is 13.0 Å². The average Bonchev–Trinajstić information content (AvgIpc) is 3.47. The molecular weight excluding hydrogens is 521 g/mol. The molecule has 0 spiro atoms. The normalized spacial score (nSPS) is 15.1. The molecule has 206 valence electrons. The van der Waals surface area contributed by atoms with Crippen LogP contribution in [0.5, 0.6) is 5.75 Å². The smallest absolute Gasteiger partial charge is 0.416 e. The molecule has 1 amide bonds. The van der Waals surface area contributed by atoms with Gasteiger partial charge in [0, 0.05) is 47.0 Å². The summed E-state index contributed by atoms with van der Waals surface area (Å²) in [6, 6.07) is 13.7. The van der Waals surface area contributed by atoms with Gasteiger partial charge in [0.15, 0.2) is 0 Å². The van der Waals surface area contributed by atoms with Gasteiger partial charge < -0.3 is 20.7 Å². The number of aromatic nitrogens is 3. The highest BCUT2D eigenvalue weighted by Gasteiger charge is 2.32. The standard InChI is InChI=1S/C29H27F3N6O2/c1-18-6-7-19(12-26(18)38-27-24(5-3-10-35-27)25-8-11-33-17-36-25)28(39)37-22-13-20(29(30,31)32)14-23(15-22)40-16-21-4-2-9-34-21/h3,5-8,10-15,17,21,34H,2,4,9,16H2,1H3,(H,35,38)(H,37,39). The van der Waals surface area contributed by atoms with Gasteiger partial charge in [-0.15, -0.1) is 0 Å². The number of ether oxygens (including phenoxy) is 1. The minimum absolute atomic E-state index is 0.0138. The first-order valence-electron chi connectivity index (χ1n) is 12.8. The summed E-state index contributed by atoms with van der Waals surface area (Å²) in [6.07, 6.45) is 1.99. The van der Waals surface area contributed by atoms with E-state index in [2.05, 4.69) is 30.9 Å². The SMILES string of the molecule is Cc1ccc(C(=O)Nc2cc(OCC3CCCN3)cc(C(F)(F)F)c2)cc1Nc1ncccc1-c1ccncn1. The van der Waals surface area contributed by atoms with Crippen molar-refractivity contribution in [3.05, 3.63) is 90.0 Å². The summed E-state index contributed by atoms with van der Waals surface area (Å²) in [6.45, 7) is 2.97. The number of aryl methyl sites for hydroxylation is 1. The minimum atomic E-state index is -4.60. The fourth-order valence-corrected chi connectivity index (χ4v) is 4.40. The first-order chi connectivity index (χ1) is 19.3. The third-order valence-electron chi connectivity index (χ3n) is 6.52. The van der Waals surface area contributed by atoms with Crippen molar-refractivity contribution < 1.29 is 22.7 Å². The van der Waals surface area contributed by atoms with Gasteiger partial charge in [0.25, 0.3) is 5.91 Å². The number of rotatable bonds is 8. The molecule has 0 saturated carbocycles. The van der Waals surface area contributed by atoms with Crippen molar-refractivity contribution in [2.45, 2.75) is 32.0 Å². The Bertz CT molecular complexity index is 1490. The predicted octanol–water partition coefficient (Wildman–Crippen LogP) is 5.99. The lowest BCUT2D eigenvalue weighted by Crippen LogP contribution is -2.28. The Morgan fingerprint density at radius 3 is 2.73 bits per heavy atom. The fraction of sp³-hybridized carbons (Fsp3) is 0.241. The van der Waals surface area contributed by atoms with Gasteiger partial charge in [0.1, 0.15) is 24.5 Å². The number of anilines is 3. The Morgan fingerprint density at radius 1 is 1.10 bits per heavy atom. The zero-order valence-electron chi connectivity index (χ0n) is 21.6. The third-order valence-corrected chi connectivity index (χ3v) is 6.52. The number of nitrogens with one attached hydrogen (secondary N) is 3. The molecule has 5 rings (SSSR count). The largest absolute Gasteiger partial charge is 0.492 e. The van der Waals surface area contributed by atoms with Crippen LogP contribution in [-0.4, -0.2) is 40.1 Å². The van der Waals surface area contributed by atoms with Gasteiger partial charge in [-0.25, -0.2) is 15.0 Å². The number of carbonyl (C=O) groups is 1. The van der Waals surface area contributed by atoms with Crippen LogP contribution in [0, 0.1) is 6.92 Å². The van der Waals surface area contributed by atoms with Crippen LogP contribution in [0.1, 0.15) is 34.3 Å². The molecule has 3 N–H and O–H groups in total. The monoisotopic (exact) mass is 548 g/mol. The van der Waals surface area contributed by atoms with Crippen molar-refractivity contribution >= 4 is 23.1 Å². The van der Waals surface area contributed by atoms with Gasteiger partial charge in [-0.05, 0) is 74.3 Å². The number of amides is 1. The van der Waals surface area contributed by atoms with E-state index < -0.39 is 17.6 Å². The van der Waals surface area contributed by atoms with Gasteiger partial charge >= 0.3 is 6.18 Å². The van der Waals surface area contributed by atoms with Crippen LogP contribution in [0.25, 0.3) is 11.3 Å². The molecule has 0 bridgehead atoms. The van der Waals surface area contributed by atoms with Gasteiger partial charge in [0.05, 0.1) is 11.3 Å². The second-order valence-electron chi connectivity index (χ2n) is 9.45. The molecule has 1 saturated heterocycles. The maximum absolute atomic E-state index is 13.6. The summed E-state index contributed by atoms with van der Waals surface area (Å²) < 4.78 is 46.5. The number of hydrogen-bond donors (Lipinski definition) is 3. The molecule has 2 aromatic heterocycles. The van der Waals surface area contributed by atoms with Crippen LogP contribution in [-0.2, 0) is 6.18 Å². The first kappa shape index (κ1) is 27.1. The van der Waals surface area contributed by atoms with Crippen molar-refractivity contribution in [3.8, 4) is 17.0 Å². The summed E-state index contributed by atoms with van der Waals surface area (Å²) in [7, 11) is 0. The van der Waals surface area contributed by atoms with Crippen molar-refractivity contribution in [2.75, 3.05) is 23.8 Å². The highest BCUT2D eigenvalue weighted by atomic mass is 19.4. The number of hydrogen-bond acceptors (Lipinski definition) is 7. The quantitative estimate of drug-likeness (QED) is 0.249. The number of halogens is 3.